The highest BCUT2D eigenvalue weighted by atomic mass is 35.5. The molecular weight excluding hydrogens is 369 g/mol. The van der Waals surface area contributed by atoms with E-state index < -0.39 is 9.84 Å². The fraction of sp³-hybridized carbons (Fsp3) is 0.176. The molecule has 1 aliphatic heterocycles. The smallest absolute Gasteiger partial charge is 0.206 e. The Kier molecular flexibility index (Phi) is 3.84. The minimum absolute atomic E-state index is 0.121. The molecule has 0 spiro atoms. The number of fused-ring (bicyclic) bond motifs is 3. The standard InChI is InChI=1S/C17H13Cl2NO3S/c18-14-3-1-11(8-15(14)19)24(21,22)10-2-4-16-13(7-10)12-5-6-20-9-17(12)23-16/h1-4,7-8,20H,5-6,9H2. The van der Waals surface area contributed by atoms with E-state index in [1.165, 1.54) is 18.2 Å². The van der Waals surface area contributed by atoms with E-state index in [-0.39, 0.29) is 14.8 Å². The molecule has 0 radical (unpaired) electrons. The van der Waals surface area contributed by atoms with E-state index in [1.54, 1.807) is 18.2 Å². The third-order valence-corrected chi connectivity index (χ3v) is 6.68. The van der Waals surface area contributed by atoms with E-state index in [9.17, 15) is 8.42 Å². The molecule has 2 aromatic carbocycles. The van der Waals surface area contributed by atoms with Gasteiger partial charge in [-0.3, -0.25) is 0 Å². The van der Waals surface area contributed by atoms with Crippen LogP contribution < -0.4 is 5.32 Å². The van der Waals surface area contributed by atoms with E-state index in [2.05, 4.69) is 5.32 Å². The normalized spacial score (nSPS) is 14.8. The molecular formula is C17H13Cl2NO3S. The summed E-state index contributed by atoms with van der Waals surface area (Å²) in [4.78, 5) is 0.339. The molecule has 4 rings (SSSR count). The number of hydrogen-bond donors (Lipinski definition) is 1. The topological polar surface area (TPSA) is 59.3 Å². The van der Waals surface area contributed by atoms with Gasteiger partial charge in [0, 0.05) is 10.9 Å². The van der Waals surface area contributed by atoms with Gasteiger partial charge in [0.1, 0.15) is 11.3 Å². The Morgan fingerprint density at radius 3 is 2.54 bits per heavy atom. The lowest BCUT2D eigenvalue weighted by molar-refractivity contribution is 0.488. The number of sulfone groups is 1. The lowest BCUT2D eigenvalue weighted by atomic mass is 10.1. The summed E-state index contributed by atoms with van der Waals surface area (Å²) in [5, 5.41) is 4.63. The zero-order valence-electron chi connectivity index (χ0n) is 12.5. The average molecular weight is 382 g/mol. The van der Waals surface area contributed by atoms with Gasteiger partial charge in [0.25, 0.3) is 0 Å². The van der Waals surface area contributed by atoms with Gasteiger partial charge in [-0.25, -0.2) is 8.42 Å². The van der Waals surface area contributed by atoms with Crippen molar-refractivity contribution >= 4 is 44.0 Å². The summed E-state index contributed by atoms with van der Waals surface area (Å²) in [5.41, 5.74) is 1.78. The number of rotatable bonds is 2. The van der Waals surface area contributed by atoms with Crippen LogP contribution in [0, 0.1) is 0 Å². The van der Waals surface area contributed by atoms with E-state index in [1.807, 2.05) is 0 Å². The summed E-state index contributed by atoms with van der Waals surface area (Å²) in [6.45, 7) is 1.52. The quantitative estimate of drug-likeness (QED) is 0.721. The molecule has 1 N–H and O–H groups in total. The van der Waals surface area contributed by atoms with Gasteiger partial charge in [0.2, 0.25) is 9.84 Å². The van der Waals surface area contributed by atoms with Crippen LogP contribution in [0.15, 0.2) is 50.6 Å². The van der Waals surface area contributed by atoms with Gasteiger partial charge in [-0.05, 0) is 49.4 Å². The van der Waals surface area contributed by atoms with Crippen molar-refractivity contribution < 1.29 is 12.8 Å². The Hall–Kier alpha value is -1.53. The lowest BCUT2D eigenvalue weighted by Gasteiger charge is -2.11. The fourth-order valence-corrected chi connectivity index (χ4v) is 4.63. The Balaban J connectivity index is 1.87. The summed E-state index contributed by atoms with van der Waals surface area (Å²) < 4.78 is 31.6. The van der Waals surface area contributed by atoms with Gasteiger partial charge in [-0.2, -0.15) is 0 Å². The Morgan fingerprint density at radius 2 is 1.75 bits per heavy atom. The highest BCUT2D eigenvalue weighted by Gasteiger charge is 2.23. The van der Waals surface area contributed by atoms with Crippen LogP contribution in [0.1, 0.15) is 11.3 Å². The molecule has 0 fully saturated rings. The van der Waals surface area contributed by atoms with Crippen molar-refractivity contribution in [3.8, 4) is 0 Å². The third kappa shape index (κ3) is 2.52. The molecule has 0 saturated carbocycles. The Labute approximate surface area is 149 Å². The number of halogens is 2. The molecule has 7 heteroatoms. The lowest BCUT2D eigenvalue weighted by Crippen LogP contribution is -2.22. The van der Waals surface area contributed by atoms with Crippen LogP contribution in [0.3, 0.4) is 0 Å². The molecule has 3 aromatic rings. The van der Waals surface area contributed by atoms with Gasteiger partial charge in [-0.1, -0.05) is 23.2 Å². The summed E-state index contributed by atoms with van der Waals surface area (Å²) in [6, 6.07) is 9.27. The maximum Gasteiger partial charge on any atom is 0.206 e. The number of benzene rings is 2. The van der Waals surface area contributed by atoms with Gasteiger partial charge in [0.05, 0.1) is 26.4 Å². The molecule has 0 unspecified atom stereocenters. The Morgan fingerprint density at radius 1 is 1.00 bits per heavy atom. The summed E-state index contributed by atoms with van der Waals surface area (Å²) >= 11 is 11.8. The predicted octanol–water partition coefficient (Wildman–Crippen LogP) is 4.22. The van der Waals surface area contributed by atoms with E-state index in [0.29, 0.717) is 17.2 Å². The predicted molar refractivity (Wildman–Crippen MR) is 93.5 cm³/mol. The summed E-state index contributed by atoms with van der Waals surface area (Å²) in [6.07, 6.45) is 0.818. The van der Waals surface area contributed by atoms with Crippen LogP contribution in [0.4, 0.5) is 0 Å². The van der Waals surface area contributed by atoms with Crippen LogP contribution in [0.5, 0.6) is 0 Å². The summed E-state index contributed by atoms with van der Waals surface area (Å²) in [7, 11) is -3.67. The molecule has 0 atom stereocenters. The zero-order chi connectivity index (χ0) is 16.9. The zero-order valence-corrected chi connectivity index (χ0v) is 14.8. The highest BCUT2D eigenvalue weighted by Crippen LogP contribution is 2.33. The first-order chi connectivity index (χ1) is 11.5. The molecule has 0 aliphatic carbocycles. The van der Waals surface area contributed by atoms with Gasteiger partial charge < -0.3 is 9.73 Å². The van der Waals surface area contributed by atoms with Crippen molar-refractivity contribution in [3.63, 3.8) is 0 Å². The first kappa shape index (κ1) is 16.0. The van der Waals surface area contributed by atoms with Crippen molar-refractivity contribution in [2.75, 3.05) is 6.54 Å². The molecule has 1 aromatic heterocycles. The van der Waals surface area contributed by atoms with Crippen LogP contribution in [0.2, 0.25) is 10.0 Å². The monoisotopic (exact) mass is 381 g/mol. The average Bonchev–Trinajstić information content (AvgIpc) is 2.95. The van der Waals surface area contributed by atoms with Gasteiger partial charge >= 0.3 is 0 Å². The maximum atomic E-state index is 12.9. The molecule has 0 bridgehead atoms. The molecule has 4 nitrogen and oxygen atoms in total. The molecule has 124 valence electrons. The second kappa shape index (κ2) is 5.77. The third-order valence-electron chi connectivity index (χ3n) is 4.19. The van der Waals surface area contributed by atoms with E-state index in [0.717, 1.165) is 29.7 Å². The van der Waals surface area contributed by atoms with Gasteiger partial charge in [-0.15, -0.1) is 0 Å². The van der Waals surface area contributed by atoms with Crippen LogP contribution in [-0.4, -0.2) is 15.0 Å². The minimum atomic E-state index is -3.67. The number of hydrogen-bond acceptors (Lipinski definition) is 4. The van der Waals surface area contributed by atoms with Crippen molar-refractivity contribution in [2.45, 2.75) is 22.8 Å². The number of nitrogens with one attached hydrogen (secondary N) is 1. The molecule has 0 saturated heterocycles. The van der Waals surface area contributed by atoms with Crippen LogP contribution in [-0.2, 0) is 22.8 Å². The van der Waals surface area contributed by atoms with Crippen molar-refractivity contribution in [1.82, 2.24) is 5.32 Å². The van der Waals surface area contributed by atoms with E-state index >= 15 is 0 Å². The summed E-state index contributed by atoms with van der Waals surface area (Å²) in [5.74, 6) is 0.875. The van der Waals surface area contributed by atoms with Crippen molar-refractivity contribution in [1.29, 1.82) is 0 Å². The van der Waals surface area contributed by atoms with Gasteiger partial charge in [0.15, 0.2) is 0 Å². The molecule has 1 aliphatic rings. The minimum Gasteiger partial charge on any atom is -0.459 e. The van der Waals surface area contributed by atoms with Crippen molar-refractivity contribution in [3.05, 3.63) is 57.8 Å². The first-order valence-corrected chi connectivity index (χ1v) is 9.66. The SMILES string of the molecule is O=S(=O)(c1ccc(Cl)c(Cl)c1)c1ccc2oc3c(c2c1)CCNC3. The number of furan rings is 1. The second-order valence-corrected chi connectivity index (χ2v) is 8.43. The molecule has 24 heavy (non-hydrogen) atoms. The fourth-order valence-electron chi connectivity index (χ4n) is 2.96. The molecule has 0 amide bonds. The second-order valence-electron chi connectivity index (χ2n) is 5.67. The Bertz CT molecular complexity index is 1060. The first-order valence-electron chi connectivity index (χ1n) is 7.42. The van der Waals surface area contributed by atoms with Crippen molar-refractivity contribution in [2.24, 2.45) is 0 Å². The van der Waals surface area contributed by atoms with E-state index in [4.69, 9.17) is 27.6 Å². The maximum absolute atomic E-state index is 12.9. The highest BCUT2D eigenvalue weighted by molar-refractivity contribution is 7.91. The van der Waals surface area contributed by atoms with Crippen LogP contribution in [0.25, 0.3) is 11.0 Å². The van der Waals surface area contributed by atoms with Crippen LogP contribution >= 0.6 is 23.2 Å². The molecule has 2 heterocycles. The largest absolute Gasteiger partial charge is 0.459 e.